The third-order valence-corrected chi connectivity index (χ3v) is 2.75. The van der Waals surface area contributed by atoms with Gasteiger partial charge in [0.25, 0.3) is 0 Å². The SMILES string of the molecule is C=CC(CC=C(C)C)SC(C)C. The summed E-state index contributed by atoms with van der Waals surface area (Å²) in [5.74, 6) is 0. The topological polar surface area (TPSA) is 0 Å². The highest BCUT2D eigenvalue weighted by atomic mass is 32.2. The first-order valence-electron chi connectivity index (χ1n) is 4.47. The van der Waals surface area contributed by atoms with Gasteiger partial charge in [0.15, 0.2) is 0 Å². The first-order valence-corrected chi connectivity index (χ1v) is 5.42. The van der Waals surface area contributed by atoms with Crippen molar-refractivity contribution in [3.05, 3.63) is 24.3 Å². The summed E-state index contributed by atoms with van der Waals surface area (Å²) in [4.78, 5) is 0. The van der Waals surface area contributed by atoms with Gasteiger partial charge in [0.05, 0.1) is 0 Å². The average Bonchev–Trinajstić information content (AvgIpc) is 1.97. The fourth-order valence-electron chi connectivity index (χ4n) is 0.909. The summed E-state index contributed by atoms with van der Waals surface area (Å²) in [5, 5.41) is 1.28. The first-order chi connectivity index (χ1) is 5.56. The molecule has 0 amide bonds. The van der Waals surface area contributed by atoms with E-state index in [0.717, 1.165) is 6.42 Å². The van der Waals surface area contributed by atoms with Crippen molar-refractivity contribution in [2.45, 2.75) is 44.6 Å². The molecule has 1 unspecified atom stereocenters. The van der Waals surface area contributed by atoms with Crippen molar-refractivity contribution < 1.29 is 0 Å². The van der Waals surface area contributed by atoms with Crippen LogP contribution in [0, 0.1) is 0 Å². The molecule has 0 N–H and O–H groups in total. The molecule has 70 valence electrons. The Hall–Kier alpha value is -0.170. The number of hydrogen-bond donors (Lipinski definition) is 0. The second-order valence-corrected chi connectivity index (χ2v) is 5.30. The molecule has 0 saturated carbocycles. The van der Waals surface area contributed by atoms with E-state index in [4.69, 9.17) is 0 Å². The zero-order chi connectivity index (χ0) is 9.56. The van der Waals surface area contributed by atoms with Crippen molar-refractivity contribution in [2.75, 3.05) is 0 Å². The van der Waals surface area contributed by atoms with Crippen LogP contribution in [0.2, 0.25) is 0 Å². The standard InChI is InChI=1S/C11H20S/c1-6-11(12-10(4)5)8-7-9(2)3/h6-7,10-11H,1,8H2,2-5H3. The highest BCUT2D eigenvalue weighted by Crippen LogP contribution is 2.21. The molecular formula is C11H20S. The Morgan fingerprint density at radius 3 is 2.33 bits per heavy atom. The van der Waals surface area contributed by atoms with E-state index in [0.29, 0.717) is 10.5 Å². The lowest BCUT2D eigenvalue weighted by Gasteiger charge is -2.12. The van der Waals surface area contributed by atoms with Crippen LogP contribution in [0.25, 0.3) is 0 Å². The molecular weight excluding hydrogens is 164 g/mol. The predicted octanol–water partition coefficient (Wildman–Crippen LogP) is 4.04. The summed E-state index contributed by atoms with van der Waals surface area (Å²) in [6, 6.07) is 0. The van der Waals surface area contributed by atoms with Crippen molar-refractivity contribution >= 4 is 11.8 Å². The molecule has 0 heterocycles. The molecule has 0 spiro atoms. The van der Waals surface area contributed by atoms with Crippen molar-refractivity contribution in [3.8, 4) is 0 Å². The first kappa shape index (κ1) is 11.8. The van der Waals surface area contributed by atoms with Crippen LogP contribution in [-0.4, -0.2) is 10.5 Å². The second kappa shape index (κ2) is 6.36. The van der Waals surface area contributed by atoms with Crippen LogP contribution >= 0.6 is 11.8 Å². The van der Waals surface area contributed by atoms with Crippen LogP contribution in [0.5, 0.6) is 0 Å². The van der Waals surface area contributed by atoms with Gasteiger partial charge < -0.3 is 0 Å². The minimum Gasteiger partial charge on any atom is -0.151 e. The van der Waals surface area contributed by atoms with Crippen LogP contribution in [0.1, 0.15) is 34.1 Å². The van der Waals surface area contributed by atoms with Gasteiger partial charge in [-0.25, -0.2) is 0 Å². The second-order valence-electron chi connectivity index (χ2n) is 3.48. The molecule has 0 bridgehead atoms. The third-order valence-electron chi connectivity index (χ3n) is 1.47. The molecule has 0 fully saturated rings. The van der Waals surface area contributed by atoms with Crippen LogP contribution < -0.4 is 0 Å². The lowest BCUT2D eigenvalue weighted by molar-refractivity contribution is 1.02. The number of thioether (sulfide) groups is 1. The molecule has 0 aliphatic heterocycles. The van der Waals surface area contributed by atoms with E-state index in [1.807, 2.05) is 17.8 Å². The van der Waals surface area contributed by atoms with Gasteiger partial charge in [-0.1, -0.05) is 31.6 Å². The molecule has 0 radical (unpaired) electrons. The summed E-state index contributed by atoms with van der Waals surface area (Å²) < 4.78 is 0. The summed E-state index contributed by atoms with van der Waals surface area (Å²) in [6.45, 7) is 12.6. The summed E-state index contributed by atoms with van der Waals surface area (Å²) >= 11 is 1.98. The Morgan fingerprint density at radius 2 is 2.00 bits per heavy atom. The number of hydrogen-bond acceptors (Lipinski definition) is 1. The Bertz CT molecular complexity index is 152. The quantitative estimate of drug-likeness (QED) is 0.581. The lowest BCUT2D eigenvalue weighted by Crippen LogP contribution is -2.01. The van der Waals surface area contributed by atoms with Crippen LogP contribution in [-0.2, 0) is 0 Å². The van der Waals surface area contributed by atoms with Crippen LogP contribution in [0.3, 0.4) is 0 Å². The van der Waals surface area contributed by atoms with E-state index in [1.54, 1.807) is 0 Å². The molecule has 0 saturated heterocycles. The Labute approximate surface area is 81.1 Å². The van der Waals surface area contributed by atoms with Crippen LogP contribution in [0.15, 0.2) is 24.3 Å². The lowest BCUT2D eigenvalue weighted by atomic mass is 10.2. The van der Waals surface area contributed by atoms with Gasteiger partial charge >= 0.3 is 0 Å². The average molecular weight is 184 g/mol. The Kier molecular flexibility index (Phi) is 6.27. The molecule has 0 nitrogen and oxygen atoms in total. The van der Waals surface area contributed by atoms with E-state index in [1.165, 1.54) is 5.57 Å². The molecule has 1 atom stereocenters. The van der Waals surface area contributed by atoms with E-state index >= 15 is 0 Å². The van der Waals surface area contributed by atoms with Crippen molar-refractivity contribution in [2.24, 2.45) is 0 Å². The summed E-state index contributed by atoms with van der Waals surface area (Å²) in [7, 11) is 0. The maximum atomic E-state index is 3.84. The minimum atomic E-state index is 0.583. The van der Waals surface area contributed by atoms with Gasteiger partial charge in [0.1, 0.15) is 0 Å². The maximum Gasteiger partial charge on any atom is 0.0261 e. The predicted molar refractivity (Wildman–Crippen MR) is 60.8 cm³/mol. The minimum absolute atomic E-state index is 0.583. The van der Waals surface area contributed by atoms with E-state index in [2.05, 4.69) is 40.3 Å². The normalized spacial score (nSPS) is 12.8. The highest BCUT2D eigenvalue weighted by molar-refractivity contribution is 8.00. The molecule has 12 heavy (non-hydrogen) atoms. The van der Waals surface area contributed by atoms with Crippen LogP contribution in [0.4, 0.5) is 0 Å². The third kappa shape index (κ3) is 6.53. The van der Waals surface area contributed by atoms with Gasteiger partial charge in [0, 0.05) is 5.25 Å². The molecule has 0 aliphatic carbocycles. The fourth-order valence-corrected chi connectivity index (χ4v) is 1.93. The van der Waals surface area contributed by atoms with Crippen molar-refractivity contribution in [3.63, 3.8) is 0 Å². The maximum absolute atomic E-state index is 3.84. The number of rotatable bonds is 5. The van der Waals surface area contributed by atoms with Gasteiger partial charge in [-0.05, 0) is 25.5 Å². The van der Waals surface area contributed by atoms with E-state index < -0.39 is 0 Å². The Balaban J connectivity index is 3.83. The summed E-state index contributed by atoms with van der Waals surface area (Å²) in [6.07, 6.45) is 5.44. The van der Waals surface area contributed by atoms with E-state index in [-0.39, 0.29) is 0 Å². The van der Waals surface area contributed by atoms with Gasteiger partial charge in [0.2, 0.25) is 0 Å². The molecule has 0 aromatic heterocycles. The molecule has 0 aliphatic rings. The zero-order valence-electron chi connectivity index (χ0n) is 8.63. The van der Waals surface area contributed by atoms with Gasteiger partial charge in [-0.3, -0.25) is 0 Å². The molecule has 0 aromatic carbocycles. The highest BCUT2D eigenvalue weighted by Gasteiger charge is 2.04. The fraction of sp³-hybridized carbons (Fsp3) is 0.636. The molecule has 0 aromatic rings. The largest absolute Gasteiger partial charge is 0.151 e. The van der Waals surface area contributed by atoms with Gasteiger partial charge in [-0.15, -0.1) is 6.58 Å². The van der Waals surface area contributed by atoms with Gasteiger partial charge in [-0.2, -0.15) is 11.8 Å². The molecule has 0 rings (SSSR count). The zero-order valence-corrected chi connectivity index (χ0v) is 9.45. The summed E-state index contributed by atoms with van der Waals surface area (Å²) in [5.41, 5.74) is 1.39. The smallest absolute Gasteiger partial charge is 0.0261 e. The number of allylic oxidation sites excluding steroid dienone is 2. The van der Waals surface area contributed by atoms with E-state index in [9.17, 15) is 0 Å². The van der Waals surface area contributed by atoms with Crippen molar-refractivity contribution in [1.82, 2.24) is 0 Å². The van der Waals surface area contributed by atoms with Crippen molar-refractivity contribution in [1.29, 1.82) is 0 Å². The monoisotopic (exact) mass is 184 g/mol. The Morgan fingerprint density at radius 1 is 1.42 bits per heavy atom. The molecule has 1 heteroatoms.